The van der Waals surface area contributed by atoms with Gasteiger partial charge in [0.05, 0.1) is 60.2 Å². The number of allylic oxidation sites excluding steroid dienone is 4. The summed E-state index contributed by atoms with van der Waals surface area (Å²) in [7, 11) is 2.96. The van der Waals surface area contributed by atoms with Crippen molar-refractivity contribution in [2.75, 3.05) is 34.2 Å². The maximum Gasteiger partial charge on any atom is 0.302 e. The number of fused-ring (bicyclic) bond motifs is 14. The van der Waals surface area contributed by atoms with Gasteiger partial charge in [0.2, 0.25) is 12.6 Å². The number of phenolic OH excluding ortho intramolecular Hbond substituents is 1. The molecule has 16 nitrogen and oxygen atoms in total. The maximum absolute atomic E-state index is 14.0. The molecule has 1 aromatic carbocycles. The smallest absolute Gasteiger partial charge is 0.302 e. The number of amides is 1. The maximum atomic E-state index is 14.0. The number of aliphatic hydroxyl groups is 2. The van der Waals surface area contributed by atoms with Gasteiger partial charge in [0.25, 0.3) is 11.7 Å². The van der Waals surface area contributed by atoms with Crippen molar-refractivity contribution in [3.63, 3.8) is 0 Å². The molecule has 3 aliphatic heterocycles. The van der Waals surface area contributed by atoms with Gasteiger partial charge in [-0.15, -0.1) is 0 Å². The monoisotopic (exact) mass is 798 g/mol. The molecule has 1 amide bonds. The fourth-order valence-corrected chi connectivity index (χ4v) is 7.09. The lowest BCUT2D eigenvalue weighted by Crippen LogP contribution is -2.46. The number of carbonyl (C=O) groups excluding carboxylic acids is 4. The fraction of sp³-hybridized carbons (Fsp3) is 0.537. The molecule has 3 heterocycles. The minimum absolute atomic E-state index is 0.0112. The van der Waals surface area contributed by atoms with E-state index in [9.17, 15) is 34.5 Å². The van der Waals surface area contributed by atoms with Gasteiger partial charge in [0.15, 0.2) is 11.5 Å². The van der Waals surface area contributed by atoms with E-state index in [2.05, 4.69) is 10.5 Å². The Balaban J connectivity index is 1.89. The second-order valence-electron chi connectivity index (χ2n) is 14.6. The minimum Gasteiger partial charge on any atom is -0.507 e. The molecule has 5 bridgehead atoms. The first-order valence-corrected chi connectivity index (χ1v) is 18.6. The summed E-state index contributed by atoms with van der Waals surface area (Å²) in [6, 6.07) is 0. The molecule has 16 heteroatoms. The predicted octanol–water partition coefficient (Wildman–Crippen LogP) is 3.79. The molecule has 0 unspecified atom stereocenters. The lowest BCUT2D eigenvalue weighted by molar-refractivity contribution is -0.160. The molecule has 312 valence electrons. The van der Waals surface area contributed by atoms with E-state index in [1.54, 1.807) is 39.8 Å². The van der Waals surface area contributed by atoms with Crippen molar-refractivity contribution in [1.29, 1.82) is 0 Å². The number of methoxy groups -OCH3 is 2. The number of carbonyl (C=O) groups is 4. The van der Waals surface area contributed by atoms with Crippen molar-refractivity contribution in [2.24, 2.45) is 28.8 Å². The second-order valence-corrected chi connectivity index (χ2v) is 14.6. The van der Waals surface area contributed by atoms with Crippen LogP contribution in [-0.4, -0.2) is 109 Å². The number of nitrogens with zero attached hydrogens (tertiary/aromatic N) is 1. The Labute approximate surface area is 332 Å². The Kier molecular flexibility index (Phi) is 15.0. The number of ether oxygens (including phenoxy) is 6. The molecule has 4 aliphatic rings. The quantitative estimate of drug-likeness (QED) is 0.127. The van der Waals surface area contributed by atoms with E-state index in [0.717, 1.165) is 6.08 Å². The van der Waals surface area contributed by atoms with Crippen LogP contribution >= 0.6 is 0 Å². The van der Waals surface area contributed by atoms with Crippen LogP contribution < -0.4 is 10.1 Å². The van der Waals surface area contributed by atoms with Gasteiger partial charge in [-0.25, -0.2) is 0 Å². The first-order chi connectivity index (χ1) is 26.9. The third-order valence-electron chi connectivity index (χ3n) is 10.6. The Morgan fingerprint density at radius 1 is 0.965 bits per heavy atom. The number of aromatic hydroxyl groups is 1. The molecular weight excluding hydrogens is 744 g/mol. The summed E-state index contributed by atoms with van der Waals surface area (Å²) < 4.78 is 34.4. The van der Waals surface area contributed by atoms with Crippen LogP contribution in [0.5, 0.6) is 11.5 Å². The number of Topliss-reactive ketones (excluding diaryl/α,β-unsaturated/α-hetero) is 1. The molecule has 0 aromatic heterocycles. The van der Waals surface area contributed by atoms with Crippen LogP contribution in [-0.2, 0) is 38.1 Å². The molecule has 0 radical (unpaired) electrons. The zero-order valence-electron chi connectivity index (χ0n) is 34.0. The van der Waals surface area contributed by atoms with E-state index < -0.39 is 83.1 Å². The van der Waals surface area contributed by atoms with Crippen molar-refractivity contribution < 1.29 is 67.8 Å². The summed E-state index contributed by atoms with van der Waals surface area (Å²) in [6.45, 7) is 12.8. The van der Waals surface area contributed by atoms with Crippen LogP contribution in [0.25, 0.3) is 0 Å². The van der Waals surface area contributed by atoms with Crippen molar-refractivity contribution in [2.45, 2.75) is 85.6 Å². The summed E-state index contributed by atoms with van der Waals surface area (Å²) in [5.41, 5.74) is -0.828. The molecule has 1 aromatic rings. The SMILES string of the molecule is COCCOCO/N=C1/c2c3c(C)c(O)c4c2C(=O)C=C(NC(=O)/C(C)=C\C=C\[C@@H](C)[C@H](O)[C@@H](C)[C@H](O)[C@@H](C)[C@H](OC(C)=O)[C@H](C)[C@@H](OC)/C=C/O[C@@]1(C)O3)C4=O. The molecule has 9 atom stereocenters. The van der Waals surface area contributed by atoms with Gasteiger partial charge in [-0.05, 0) is 19.9 Å². The van der Waals surface area contributed by atoms with E-state index >= 15 is 0 Å². The predicted molar refractivity (Wildman–Crippen MR) is 205 cm³/mol. The molecule has 0 saturated heterocycles. The first kappa shape index (κ1) is 44.8. The molecule has 0 fully saturated rings. The lowest BCUT2D eigenvalue weighted by Gasteiger charge is -2.38. The summed E-state index contributed by atoms with van der Waals surface area (Å²) >= 11 is 0. The lowest BCUT2D eigenvalue weighted by atomic mass is 9.78. The number of hydrogen-bond donors (Lipinski definition) is 4. The Hall–Kier alpha value is -4.87. The molecule has 0 spiro atoms. The highest BCUT2D eigenvalue weighted by molar-refractivity contribution is 6.31. The van der Waals surface area contributed by atoms with Crippen LogP contribution in [0.4, 0.5) is 0 Å². The van der Waals surface area contributed by atoms with Gasteiger partial charge in [-0.1, -0.05) is 51.1 Å². The Bertz CT molecular complexity index is 1860. The van der Waals surface area contributed by atoms with Crippen molar-refractivity contribution in [1.82, 2.24) is 5.32 Å². The molecule has 0 saturated carbocycles. The highest BCUT2D eigenvalue weighted by atomic mass is 16.8. The molecule has 1 aliphatic carbocycles. The highest BCUT2D eigenvalue weighted by Gasteiger charge is 2.51. The van der Waals surface area contributed by atoms with E-state index in [-0.39, 0.29) is 65.0 Å². The number of aliphatic hydroxyl groups excluding tert-OH is 2. The number of rotatable bonds is 8. The van der Waals surface area contributed by atoms with E-state index in [1.165, 1.54) is 60.3 Å². The van der Waals surface area contributed by atoms with Gasteiger partial charge >= 0.3 is 5.97 Å². The average Bonchev–Trinajstić information content (AvgIpc) is 3.46. The number of oxime groups is 1. The number of benzene rings is 1. The summed E-state index contributed by atoms with van der Waals surface area (Å²) in [5, 5.41) is 40.9. The van der Waals surface area contributed by atoms with Crippen LogP contribution in [0.2, 0.25) is 0 Å². The zero-order chi connectivity index (χ0) is 42.4. The number of ketones is 2. The number of hydrogen-bond acceptors (Lipinski definition) is 15. The van der Waals surface area contributed by atoms with E-state index in [0.29, 0.717) is 0 Å². The van der Waals surface area contributed by atoms with Crippen LogP contribution in [0.15, 0.2) is 53.1 Å². The third-order valence-corrected chi connectivity index (χ3v) is 10.6. The second kappa shape index (κ2) is 19.0. The van der Waals surface area contributed by atoms with Crippen LogP contribution in [0, 0.1) is 30.6 Å². The molecule has 4 N–H and O–H groups in total. The van der Waals surface area contributed by atoms with Crippen LogP contribution in [0.1, 0.15) is 80.3 Å². The Morgan fingerprint density at radius 2 is 1.67 bits per heavy atom. The highest BCUT2D eigenvalue weighted by Crippen LogP contribution is 2.48. The third kappa shape index (κ3) is 9.64. The number of phenols is 1. The Morgan fingerprint density at radius 3 is 2.32 bits per heavy atom. The normalized spacial score (nSPS) is 32.4. The number of nitrogens with one attached hydrogen (secondary N) is 1. The van der Waals surface area contributed by atoms with Crippen molar-refractivity contribution >= 4 is 29.2 Å². The fourth-order valence-electron chi connectivity index (χ4n) is 7.09. The molecule has 57 heavy (non-hydrogen) atoms. The van der Waals surface area contributed by atoms with Gasteiger partial charge in [-0.3, -0.25) is 19.2 Å². The minimum atomic E-state index is -1.84. The van der Waals surface area contributed by atoms with Crippen LogP contribution in [0.3, 0.4) is 0 Å². The van der Waals surface area contributed by atoms with Crippen molar-refractivity contribution in [3.05, 3.63) is 70.2 Å². The topological polar surface area (TPSA) is 218 Å². The van der Waals surface area contributed by atoms with E-state index in [1.807, 2.05) is 0 Å². The standard InChI is InChI=1S/C41H54N2O14/c1-20-12-11-13-21(2)40(50)42-27-18-28(45)30-31(36(27)49)35(48)25(6)38-32(30)39(43-55-19-53-17-16-51-9)41(8,57-38)54-15-14-29(52-10)22(3)37(56-26(7)44)24(5)34(47)23(4)33(20)46/h11-15,18,20,22-24,29,33-34,37,46-48H,16-17,19H2,1-10H3,(H,42,50)/b12-11+,15-14+,21-13-,43-39-/t20-,22-,23-,24-,29+,33+,34+,37-,41+/m1/s1. The first-order valence-electron chi connectivity index (χ1n) is 18.6. The van der Waals surface area contributed by atoms with Gasteiger partial charge < -0.3 is 53.9 Å². The van der Waals surface area contributed by atoms with Crippen molar-refractivity contribution in [3.8, 4) is 11.5 Å². The number of esters is 1. The molecular formula is C41H54N2O14. The van der Waals surface area contributed by atoms with Gasteiger partial charge in [-0.2, -0.15) is 0 Å². The van der Waals surface area contributed by atoms with Gasteiger partial charge in [0, 0.05) is 69.0 Å². The van der Waals surface area contributed by atoms with Gasteiger partial charge in [0.1, 0.15) is 17.6 Å². The largest absolute Gasteiger partial charge is 0.507 e. The van der Waals surface area contributed by atoms with E-state index in [4.69, 9.17) is 33.3 Å². The summed E-state index contributed by atoms with van der Waals surface area (Å²) in [4.78, 5) is 59.0. The summed E-state index contributed by atoms with van der Waals surface area (Å²) in [6.07, 6.45) is 4.59. The summed E-state index contributed by atoms with van der Waals surface area (Å²) in [5.74, 6) is -7.72. The molecule has 5 rings (SSSR count). The zero-order valence-corrected chi connectivity index (χ0v) is 34.0. The average molecular weight is 799 g/mol.